The van der Waals surface area contributed by atoms with E-state index in [1.807, 2.05) is 42.5 Å². The highest BCUT2D eigenvalue weighted by molar-refractivity contribution is 9.10. The Morgan fingerprint density at radius 3 is 2.52 bits per heavy atom. The van der Waals surface area contributed by atoms with Crippen LogP contribution in [0.5, 0.6) is 11.5 Å². The van der Waals surface area contributed by atoms with Crippen LogP contribution in [0.1, 0.15) is 0 Å². The van der Waals surface area contributed by atoms with Crippen molar-refractivity contribution in [2.24, 2.45) is 0 Å². The Kier molecular flexibility index (Phi) is 4.14. The van der Waals surface area contributed by atoms with Gasteiger partial charge in [-0.2, -0.15) is 9.61 Å². The van der Waals surface area contributed by atoms with Crippen LogP contribution in [0.15, 0.2) is 46.9 Å². The topological polar surface area (TPSA) is 61.5 Å². The van der Waals surface area contributed by atoms with Crippen LogP contribution in [0.25, 0.3) is 26.9 Å². The second-order valence-electron chi connectivity index (χ2n) is 5.17. The Labute approximate surface area is 156 Å². The number of ether oxygens (including phenoxy) is 2. The summed E-state index contributed by atoms with van der Waals surface area (Å²) in [6.45, 7) is 0. The van der Waals surface area contributed by atoms with Crippen LogP contribution in [0.4, 0.5) is 0 Å². The Morgan fingerprint density at radius 2 is 1.80 bits per heavy atom. The highest BCUT2D eigenvalue weighted by Gasteiger charge is 2.18. The van der Waals surface area contributed by atoms with E-state index < -0.39 is 0 Å². The first-order valence-electron chi connectivity index (χ1n) is 7.41. The number of methoxy groups -OCH3 is 2. The summed E-state index contributed by atoms with van der Waals surface area (Å²) >= 11 is 4.89. The Balaban J connectivity index is 1.85. The first-order chi connectivity index (χ1) is 12.2. The fourth-order valence-corrected chi connectivity index (χ4v) is 3.69. The van der Waals surface area contributed by atoms with Crippen LogP contribution in [0.3, 0.4) is 0 Å². The van der Waals surface area contributed by atoms with Gasteiger partial charge in [0.05, 0.1) is 19.8 Å². The van der Waals surface area contributed by atoms with Gasteiger partial charge in [-0.25, -0.2) is 0 Å². The number of nitrogens with zero attached hydrogens (tertiary/aromatic N) is 4. The van der Waals surface area contributed by atoms with Crippen LogP contribution >= 0.6 is 27.3 Å². The first-order valence-corrected chi connectivity index (χ1v) is 9.01. The van der Waals surface area contributed by atoms with Crippen LogP contribution < -0.4 is 9.47 Å². The minimum atomic E-state index is 0.653. The molecule has 0 unspecified atom stereocenters. The molecule has 4 rings (SSSR count). The summed E-state index contributed by atoms with van der Waals surface area (Å²) in [6.07, 6.45) is 0. The first kappa shape index (κ1) is 16.0. The number of hydrogen-bond donors (Lipinski definition) is 0. The molecule has 0 radical (unpaired) electrons. The van der Waals surface area contributed by atoms with E-state index in [-0.39, 0.29) is 0 Å². The molecule has 0 amide bonds. The molecule has 0 N–H and O–H groups in total. The predicted octanol–water partition coefficient (Wildman–Crippen LogP) is 4.30. The molecule has 0 aliphatic rings. The van der Waals surface area contributed by atoms with Gasteiger partial charge in [0.15, 0.2) is 22.3 Å². The zero-order chi connectivity index (χ0) is 17.4. The van der Waals surface area contributed by atoms with Crippen molar-refractivity contribution in [1.82, 2.24) is 19.8 Å². The number of rotatable bonds is 4. The minimum Gasteiger partial charge on any atom is -0.493 e. The van der Waals surface area contributed by atoms with Gasteiger partial charge in [-0.05, 0) is 24.3 Å². The monoisotopic (exact) mass is 416 g/mol. The molecule has 2 aromatic carbocycles. The highest BCUT2D eigenvalue weighted by atomic mass is 79.9. The van der Waals surface area contributed by atoms with E-state index in [2.05, 4.69) is 31.2 Å². The van der Waals surface area contributed by atoms with E-state index in [0.717, 1.165) is 25.6 Å². The number of hydrogen-bond acceptors (Lipinski definition) is 6. The molecule has 0 aliphatic heterocycles. The molecule has 6 nitrogen and oxygen atoms in total. The third kappa shape index (κ3) is 2.77. The number of fused-ring (bicyclic) bond motifs is 1. The number of aromatic nitrogens is 4. The molecule has 0 bridgehead atoms. The third-order valence-electron chi connectivity index (χ3n) is 3.73. The minimum absolute atomic E-state index is 0.653. The van der Waals surface area contributed by atoms with Crippen molar-refractivity contribution in [3.8, 4) is 33.5 Å². The molecule has 8 heteroatoms. The van der Waals surface area contributed by atoms with Gasteiger partial charge in [-0.1, -0.05) is 45.5 Å². The lowest BCUT2D eigenvalue weighted by Gasteiger charge is -2.10. The molecule has 0 atom stereocenters. The zero-order valence-electron chi connectivity index (χ0n) is 13.4. The summed E-state index contributed by atoms with van der Waals surface area (Å²) in [6, 6.07) is 13.6. The third-order valence-corrected chi connectivity index (χ3v) is 5.19. The van der Waals surface area contributed by atoms with Gasteiger partial charge in [0.25, 0.3) is 0 Å². The number of benzene rings is 2. The van der Waals surface area contributed by atoms with Crippen molar-refractivity contribution >= 4 is 32.2 Å². The summed E-state index contributed by atoms with van der Waals surface area (Å²) in [4.78, 5) is 0.720. The smallest absolute Gasteiger partial charge is 0.235 e. The largest absolute Gasteiger partial charge is 0.493 e. The molecule has 2 heterocycles. The molecule has 126 valence electrons. The second kappa shape index (κ2) is 6.45. The molecular formula is C17H13BrN4O2S. The number of halogens is 1. The predicted molar refractivity (Wildman–Crippen MR) is 100 cm³/mol. The summed E-state index contributed by atoms with van der Waals surface area (Å²) in [5.74, 6) is 2.02. The Hall–Kier alpha value is -2.45. The van der Waals surface area contributed by atoms with Crippen molar-refractivity contribution in [3.05, 3.63) is 46.9 Å². The average Bonchev–Trinajstić information content (AvgIpc) is 3.22. The van der Waals surface area contributed by atoms with E-state index in [9.17, 15) is 0 Å². The van der Waals surface area contributed by atoms with Gasteiger partial charge in [0.2, 0.25) is 4.96 Å². The SMILES string of the molecule is COc1cccc(-c2nn3c(-c4ccc(Br)cc4)nnc3s2)c1OC. The van der Waals surface area contributed by atoms with E-state index >= 15 is 0 Å². The summed E-state index contributed by atoms with van der Waals surface area (Å²) in [5, 5.41) is 14.0. The lowest BCUT2D eigenvalue weighted by atomic mass is 10.2. The molecule has 0 spiro atoms. The quantitative estimate of drug-likeness (QED) is 0.496. The maximum atomic E-state index is 5.51. The van der Waals surface area contributed by atoms with Gasteiger partial charge >= 0.3 is 0 Å². The van der Waals surface area contributed by atoms with Crippen LogP contribution in [-0.2, 0) is 0 Å². The van der Waals surface area contributed by atoms with E-state index in [1.165, 1.54) is 11.3 Å². The van der Waals surface area contributed by atoms with E-state index in [1.54, 1.807) is 18.7 Å². The van der Waals surface area contributed by atoms with E-state index in [0.29, 0.717) is 17.3 Å². The van der Waals surface area contributed by atoms with Gasteiger partial charge in [-0.15, -0.1) is 10.2 Å². The van der Waals surface area contributed by atoms with E-state index in [4.69, 9.17) is 9.47 Å². The van der Waals surface area contributed by atoms with Gasteiger partial charge in [0, 0.05) is 10.0 Å². The lowest BCUT2D eigenvalue weighted by Crippen LogP contribution is -1.94. The molecule has 2 aromatic heterocycles. The van der Waals surface area contributed by atoms with Crippen molar-refractivity contribution in [2.45, 2.75) is 0 Å². The fourth-order valence-electron chi connectivity index (χ4n) is 2.56. The molecule has 0 saturated carbocycles. The molecule has 4 aromatic rings. The maximum absolute atomic E-state index is 5.51. The van der Waals surface area contributed by atoms with Crippen LogP contribution in [-0.4, -0.2) is 34.0 Å². The maximum Gasteiger partial charge on any atom is 0.235 e. The summed E-state index contributed by atoms with van der Waals surface area (Å²) in [7, 11) is 3.24. The molecular weight excluding hydrogens is 404 g/mol. The molecule has 0 fully saturated rings. The van der Waals surface area contributed by atoms with Crippen LogP contribution in [0, 0.1) is 0 Å². The normalized spacial score (nSPS) is 11.0. The zero-order valence-corrected chi connectivity index (χ0v) is 15.8. The fraction of sp³-hybridized carbons (Fsp3) is 0.118. The standard InChI is InChI=1S/C17H13BrN4O2S/c1-23-13-5-3-4-12(14(13)24-2)16-21-22-15(19-20-17(22)25-16)10-6-8-11(18)9-7-10/h3-9H,1-2H3. The Bertz CT molecular complexity index is 1040. The molecule has 25 heavy (non-hydrogen) atoms. The van der Waals surface area contributed by atoms with Gasteiger partial charge < -0.3 is 9.47 Å². The van der Waals surface area contributed by atoms with Crippen molar-refractivity contribution in [1.29, 1.82) is 0 Å². The summed E-state index contributed by atoms with van der Waals surface area (Å²) in [5.41, 5.74) is 1.81. The van der Waals surface area contributed by atoms with Gasteiger partial charge in [0.1, 0.15) is 0 Å². The lowest BCUT2D eigenvalue weighted by molar-refractivity contribution is 0.356. The van der Waals surface area contributed by atoms with Crippen molar-refractivity contribution in [2.75, 3.05) is 14.2 Å². The van der Waals surface area contributed by atoms with Crippen molar-refractivity contribution in [3.63, 3.8) is 0 Å². The molecule has 0 saturated heterocycles. The second-order valence-corrected chi connectivity index (χ2v) is 7.04. The molecule has 0 aliphatic carbocycles. The van der Waals surface area contributed by atoms with Crippen LogP contribution in [0.2, 0.25) is 0 Å². The highest BCUT2D eigenvalue weighted by Crippen LogP contribution is 2.39. The summed E-state index contributed by atoms with van der Waals surface area (Å²) < 4.78 is 13.6. The van der Waals surface area contributed by atoms with Crippen molar-refractivity contribution < 1.29 is 9.47 Å². The van der Waals surface area contributed by atoms with Gasteiger partial charge in [-0.3, -0.25) is 0 Å². The number of para-hydroxylation sites is 1. The average molecular weight is 417 g/mol. The Morgan fingerprint density at radius 1 is 1.00 bits per heavy atom.